The molecule has 2 heterocycles. The molecule has 122 valence electrons. The molecular weight excluding hydrogens is 266 g/mol. The van der Waals surface area contributed by atoms with E-state index in [9.17, 15) is 9.90 Å². The highest BCUT2D eigenvalue weighted by Gasteiger charge is 2.29. The van der Waals surface area contributed by atoms with Crippen LogP contribution in [0, 0.1) is 0 Å². The average Bonchev–Trinajstić information content (AvgIpc) is 2.78. The van der Waals surface area contributed by atoms with Crippen molar-refractivity contribution in [2.24, 2.45) is 0 Å². The van der Waals surface area contributed by atoms with Gasteiger partial charge in [-0.25, -0.2) is 0 Å². The average molecular weight is 297 g/mol. The first-order chi connectivity index (χ1) is 10.0. The van der Waals surface area contributed by atoms with Crippen LogP contribution in [0.25, 0.3) is 0 Å². The summed E-state index contributed by atoms with van der Waals surface area (Å²) in [6.45, 7) is 12.7. The van der Waals surface area contributed by atoms with Crippen molar-refractivity contribution in [2.45, 2.75) is 58.2 Å². The third-order valence-electron chi connectivity index (χ3n) is 5.33. The molecule has 0 aromatic rings. The largest absolute Gasteiger partial charge is 0.480 e. The summed E-state index contributed by atoms with van der Waals surface area (Å²) in [7, 11) is 0. The second kappa shape index (κ2) is 7.56. The lowest BCUT2D eigenvalue weighted by molar-refractivity contribution is -0.144. The molecule has 3 atom stereocenters. The third kappa shape index (κ3) is 4.18. The monoisotopic (exact) mass is 297 g/mol. The van der Waals surface area contributed by atoms with Crippen LogP contribution >= 0.6 is 0 Å². The van der Waals surface area contributed by atoms with Gasteiger partial charge in [-0.2, -0.15) is 0 Å². The molecule has 2 aliphatic heterocycles. The lowest BCUT2D eigenvalue weighted by atomic mass is 10.1. The molecule has 0 spiro atoms. The van der Waals surface area contributed by atoms with Gasteiger partial charge in [-0.1, -0.05) is 6.92 Å². The van der Waals surface area contributed by atoms with E-state index < -0.39 is 5.97 Å². The van der Waals surface area contributed by atoms with Gasteiger partial charge in [0.05, 0.1) is 0 Å². The zero-order valence-corrected chi connectivity index (χ0v) is 13.8. The number of carboxylic acid groups (broad SMARTS) is 1. The van der Waals surface area contributed by atoms with Gasteiger partial charge in [0.25, 0.3) is 0 Å². The molecule has 0 saturated carbocycles. The second-order valence-electron chi connectivity index (χ2n) is 6.65. The summed E-state index contributed by atoms with van der Waals surface area (Å²) in [6, 6.07) is 1.14. The highest BCUT2D eigenvalue weighted by Crippen LogP contribution is 2.23. The molecular formula is C16H31N3O2. The number of aliphatic carboxylic acids is 1. The Balaban J connectivity index is 1.73. The highest BCUT2D eigenvalue weighted by molar-refractivity contribution is 5.73. The van der Waals surface area contributed by atoms with Crippen molar-refractivity contribution in [1.82, 2.24) is 14.7 Å². The van der Waals surface area contributed by atoms with Crippen molar-refractivity contribution in [2.75, 3.05) is 39.3 Å². The minimum absolute atomic E-state index is 0.300. The van der Waals surface area contributed by atoms with Gasteiger partial charge < -0.3 is 5.11 Å². The van der Waals surface area contributed by atoms with E-state index in [1.54, 1.807) is 0 Å². The Bertz CT molecular complexity index is 332. The quantitative estimate of drug-likeness (QED) is 0.802. The van der Waals surface area contributed by atoms with Crippen LogP contribution in [-0.4, -0.2) is 83.2 Å². The molecule has 0 aromatic heterocycles. The Kier molecular flexibility index (Phi) is 6.02. The molecule has 1 N–H and O–H groups in total. The number of rotatable bonds is 6. The fraction of sp³-hybridized carbons (Fsp3) is 0.938. The molecule has 5 nitrogen and oxygen atoms in total. The lowest BCUT2D eigenvalue weighted by Crippen LogP contribution is -2.53. The first-order valence-electron chi connectivity index (χ1n) is 8.47. The fourth-order valence-corrected chi connectivity index (χ4v) is 3.83. The molecule has 2 fully saturated rings. The van der Waals surface area contributed by atoms with Crippen molar-refractivity contribution in [3.05, 3.63) is 0 Å². The van der Waals surface area contributed by atoms with Crippen LogP contribution in [0.1, 0.15) is 40.0 Å². The number of carboxylic acids is 1. The van der Waals surface area contributed by atoms with Crippen LogP contribution in [0.4, 0.5) is 0 Å². The SMILES string of the molecule is CCC(C(=O)O)N1CCN(CCN2C(C)CCC2C)CC1. The van der Waals surface area contributed by atoms with Crippen LogP contribution in [-0.2, 0) is 4.79 Å². The Morgan fingerprint density at radius 3 is 2.14 bits per heavy atom. The van der Waals surface area contributed by atoms with Crippen molar-refractivity contribution < 1.29 is 9.90 Å². The lowest BCUT2D eigenvalue weighted by Gasteiger charge is -2.38. The Hall–Kier alpha value is -0.650. The normalized spacial score (nSPS) is 30.6. The van der Waals surface area contributed by atoms with Gasteiger partial charge in [0.1, 0.15) is 6.04 Å². The van der Waals surface area contributed by atoms with Gasteiger partial charge in [-0.05, 0) is 33.1 Å². The van der Waals surface area contributed by atoms with E-state index in [1.807, 2.05) is 6.92 Å². The van der Waals surface area contributed by atoms with Crippen molar-refractivity contribution >= 4 is 5.97 Å². The number of piperazine rings is 1. The first-order valence-corrected chi connectivity index (χ1v) is 8.47. The van der Waals surface area contributed by atoms with Crippen LogP contribution in [0.15, 0.2) is 0 Å². The summed E-state index contributed by atoms with van der Waals surface area (Å²) >= 11 is 0. The van der Waals surface area contributed by atoms with Crippen LogP contribution in [0.3, 0.4) is 0 Å². The zero-order chi connectivity index (χ0) is 15.4. The van der Waals surface area contributed by atoms with Gasteiger partial charge >= 0.3 is 5.97 Å². The maximum Gasteiger partial charge on any atom is 0.320 e. The Labute approximate surface area is 128 Å². The summed E-state index contributed by atoms with van der Waals surface area (Å²) in [5, 5.41) is 9.23. The number of carbonyl (C=O) groups is 1. The number of hydrogen-bond acceptors (Lipinski definition) is 4. The minimum Gasteiger partial charge on any atom is -0.480 e. The summed E-state index contributed by atoms with van der Waals surface area (Å²) in [5.74, 6) is -0.675. The molecule has 0 aliphatic carbocycles. The Morgan fingerprint density at radius 2 is 1.67 bits per heavy atom. The Morgan fingerprint density at radius 1 is 1.10 bits per heavy atom. The minimum atomic E-state index is -0.675. The predicted octanol–water partition coefficient (Wildman–Crippen LogP) is 1.34. The van der Waals surface area contributed by atoms with Gasteiger partial charge in [-0.3, -0.25) is 19.5 Å². The molecule has 0 radical (unpaired) electrons. The summed E-state index contributed by atoms with van der Waals surface area (Å²) in [6.07, 6.45) is 3.34. The van der Waals surface area contributed by atoms with Crippen LogP contribution < -0.4 is 0 Å². The summed E-state index contributed by atoms with van der Waals surface area (Å²) in [4.78, 5) is 18.5. The van der Waals surface area contributed by atoms with Gasteiger partial charge in [0.2, 0.25) is 0 Å². The van der Waals surface area contributed by atoms with E-state index in [-0.39, 0.29) is 6.04 Å². The molecule has 5 heteroatoms. The summed E-state index contributed by atoms with van der Waals surface area (Å²) < 4.78 is 0. The molecule has 2 saturated heterocycles. The second-order valence-corrected chi connectivity index (χ2v) is 6.65. The third-order valence-corrected chi connectivity index (χ3v) is 5.33. The fourth-order valence-electron chi connectivity index (χ4n) is 3.83. The highest BCUT2D eigenvalue weighted by atomic mass is 16.4. The molecule has 2 aliphatic rings. The number of nitrogens with zero attached hydrogens (tertiary/aromatic N) is 3. The van der Waals surface area contributed by atoms with Gasteiger partial charge in [0, 0.05) is 51.4 Å². The van der Waals surface area contributed by atoms with E-state index in [0.29, 0.717) is 6.42 Å². The van der Waals surface area contributed by atoms with E-state index in [0.717, 1.165) is 51.4 Å². The molecule has 3 unspecified atom stereocenters. The van der Waals surface area contributed by atoms with Crippen LogP contribution in [0.5, 0.6) is 0 Å². The molecule has 0 amide bonds. The predicted molar refractivity (Wildman–Crippen MR) is 84.6 cm³/mol. The van der Waals surface area contributed by atoms with Crippen LogP contribution in [0.2, 0.25) is 0 Å². The van der Waals surface area contributed by atoms with Gasteiger partial charge in [-0.15, -0.1) is 0 Å². The van der Waals surface area contributed by atoms with Crippen molar-refractivity contribution in [3.8, 4) is 0 Å². The smallest absolute Gasteiger partial charge is 0.320 e. The molecule has 0 aromatic carbocycles. The van der Waals surface area contributed by atoms with E-state index in [2.05, 4.69) is 28.5 Å². The zero-order valence-electron chi connectivity index (χ0n) is 13.8. The van der Waals surface area contributed by atoms with Crippen molar-refractivity contribution in [1.29, 1.82) is 0 Å². The van der Waals surface area contributed by atoms with Gasteiger partial charge in [0.15, 0.2) is 0 Å². The number of hydrogen-bond donors (Lipinski definition) is 1. The molecule has 0 bridgehead atoms. The number of likely N-dealkylation sites (tertiary alicyclic amines) is 1. The summed E-state index contributed by atoms with van der Waals surface area (Å²) in [5.41, 5.74) is 0. The molecule has 2 rings (SSSR count). The van der Waals surface area contributed by atoms with Crippen molar-refractivity contribution in [3.63, 3.8) is 0 Å². The standard InChI is InChI=1S/C16H31N3O2/c1-4-15(16(20)21)18-10-7-17(8-11-18)9-12-19-13(2)5-6-14(19)3/h13-15H,4-12H2,1-3H3,(H,20,21). The van der Waals surface area contributed by atoms with E-state index in [1.165, 1.54) is 12.8 Å². The first kappa shape index (κ1) is 16.7. The van der Waals surface area contributed by atoms with E-state index >= 15 is 0 Å². The molecule has 21 heavy (non-hydrogen) atoms. The van der Waals surface area contributed by atoms with E-state index in [4.69, 9.17) is 0 Å². The topological polar surface area (TPSA) is 47.0 Å². The maximum atomic E-state index is 11.2. The maximum absolute atomic E-state index is 11.2.